The SMILES string of the molecule is CC(C)[C@H](N)[C@@H](O)NC(=O)C(Cc1ccccc1)CC(O)CC(Cc1ccccc1)C(=O)N[C@H](O)[C@@H](N)C(C)C. The van der Waals surface area contributed by atoms with Gasteiger partial charge in [-0.05, 0) is 48.6 Å². The zero-order chi connectivity index (χ0) is 29.8. The number of nitrogens with two attached hydrogens (primary N) is 2. The summed E-state index contributed by atoms with van der Waals surface area (Å²) in [7, 11) is 0. The Bertz CT molecular complexity index is 939. The average molecular weight is 557 g/mol. The van der Waals surface area contributed by atoms with Crippen molar-refractivity contribution in [3.63, 3.8) is 0 Å². The quantitative estimate of drug-likeness (QED) is 0.154. The van der Waals surface area contributed by atoms with Gasteiger partial charge in [0.25, 0.3) is 0 Å². The van der Waals surface area contributed by atoms with Gasteiger partial charge in [-0.15, -0.1) is 0 Å². The Hall–Kier alpha value is -2.82. The lowest BCUT2D eigenvalue weighted by Gasteiger charge is -2.28. The minimum absolute atomic E-state index is 0.0510. The molecule has 9 nitrogen and oxygen atoms in total. The van der Waals surface area contributed by atoms with Crippen LogP contribution in [0.25, 0.3) is 0 Å². The Labute approximate surface area is 238 Å². The molecule has 222 valence electrons. The van der Waals surface area contributed by atoms with Crippen molar-refractivity contribution in [2.45, 2.75) is 84.0 Å². The molecule has 0 spiro atoms. The smallest absolute Gasteiger partial charge is 0.225 e. The maximum Gasteiger partial charge on any atom is 0.225 e. The van der Waals surface area contributed by atoms with Crippen molar-refractivity contribution in [3.05, 3.63) is 71.8 Å². The van der Waals surface area contributed by atoms with Gasteiger partial charge in [0.1, 0.15) is 12.5 Å². The van der Waals surface area contributed by atoms with Crippen molar-refractivity contribution in [1.29, 1.82) is 0 Å². The lowest BCUT2D eigenvalue weighted by Crippen LogP contribution is -2.52. The molecule has 0 aliphatic carbocycles. The van der Waals surface area contributed by atoms with Crippen LogP contribution in [0.5, 0.6) is 0 Å². The second-order valence-corrected chi connectivity index (χ2v) is 11.4. The third-order valence-corrected chi connectivity index (χ3v) is 7.35. The first-order valence-electron chi connectivity index (χ1n) is 14.1. The largest absolute Gasteiger partial charge is 0.393 e. The molecule has 2 aromatic rings. The lowest BCUT2D eigenvalue weighted by molar-refractivity contribution is -0.130. The Morgan fingerprint density at radius 3 is 1.27 bits per heavy atom. The number of benzene rings is 2. The number of carbonyl (C=O) groups is 2. The predicted octanol–water partition coefficient (Wildman–Crippen LogP) is 1.68. The Morgan fingerprint density at radius 2 is 0.975 bits per heavy atom. The van der Waals surface area contributed by atoms with E-state index in [-0.39, 0.29) is 24.7 Å². The van der Waals surface area contributed by atoms with Gasteiger partial charge < -0.3 is 37.4 Å². The van der Waals surface area contributed by atoms with E-state index in [1.165, 1.54) is 0 Å². The fourth-order valence-electron chi connectivity index (χ4n) is 4.57. The molecule has 2 unspecified atom stereocenters. The standard InChI is InChI=1S/C31H48N4O5/c1-19(2)26(32)30(39)34-28(37)23(15-21-11-7-5-8-12-21)17-25(36)18-24(16-22-13-9-6-10-14-22)29(38)35-31(40)27(33)20(3)4/h5-14,19-20,23-27,30-31,36,39-40H,15-18,32-33H2,1-4H3,(H,34,37)(H,35,38)/t23?,24?,25?,26-,27-,30+,31+/m0/s1. The summed E-state index contributed by atoms with van der Waals surface area (Å²) in [6.45, 7) is 7.42. The number of hydrogen-bond acceptors (Lipinski definition) is 7. The third kappa shape index (κ3) is 11.0. The van der Waals surface area contributed by atoms with Gasteiger partial charge in [0.15, 0.2) is 0 Å². The van der Waals surface area contributed by atoms with Crippen LogP contribution >= 0.6 is 0 Å². The second-order valence-electron chi connectivity index (χ2n) is 11.4. The molecule has 0 saturated carbocycles. The highest BCUT2D eigenvalue weighted by Crippen LogP contribution is 2.22. The fraction of sp³-hybridized carbons (Fsp3) is 0.548. The van der Waals surface area contributed by atoms with Gasteiger partial charge in [0.05, 0.1) is 18.2 Å². The van der Waals surface area contributed by atoms with Gasteiger partial charge in [0.2, 0.25) is 11.8 Å². The molecule has 6 atom stereocenters. The molecule has 0 aromatic heterocycles. The maximum atomic E-state index is 13.3. The Kier molecular flexibility index (Phi) is 13.7. The van der Waals surface area contributed by atoms with Gasteiger partial charge in [-0.25, -0.2) is 0 Å². The van der Waals surface area contributed by atoms with E-state index in [4.69, 9.17) is 11.5 Å². The van der Waals surface area contributed by atoms with Crippen molar-refractivity contribution in [1.82, 2.24) is 10.6 Å². The van der Waals surface area contributed by atoms with Gasteiger partial charge in [0, 0.05) is 11.8 Å². The number of hydrogen-bond donors (Lipinski definition) is 7. The predicted molar refractivity (Wildman–Crippen MR) is 156 cm³/mol. The monoisotopic (exact) mass is 556 g/mol. The van der Waals surface area contributed by atoms with Crippen LogP contribution in [0, 0.1) is 23.7 Å². The topological polar surface area (TPSA) is 171 Å². The van der Waals surface area contributed by atoms with E-state index in [0.29, 0.717) is 12.8 Å². The highest BCUT2D eigenvalue weighted by atomic mass is 16.3. The van der Waals surface area contributed by atoms with Gasteiger partial charge in [-0.2, -0.15) is 0 Å². The summed E-state index contributed by atoms with van der Waals surface area (Å²) in [4.78, 5) is 26.5. The van der Waals surface area contributed by atoms with Crippen molar-refractivity contribution in [3.8, 4) is 0 Å². The Morgan fingerprint density at radius 1 is 0.650 bits per heavy atom. The number of aliphatic hydroxyl groups is 3. The number of aliphatic hydroxyl groups excluding tert-OH is 3. The number of nitrogens with one attached hydrogen (secondary N) is 2. The number of rotatable bonds is 16. The summed E-state index contributed by atoms with van der Waals surface area (Å²) in [5, 5.41) is 37.3. The molecular weight excluding hydrogens is 508 g/mol. The molecule has 2 aromatic carbocycles. The van der Waals surface area contributed by atoms with Crippen LogP contribution in [-0.4, -0.2) is 57.8 Å². The minimum Gasteiger partial charge on any atom is -0.393 e. The van der Waals surface area contributed by atoms with Crippen LogP contribution in [-0.2, 0) is 22.4 Å². The first kappa shape index (κ1) is 33.4. The molecular formula is C31H48N4O5. The highest BCUT2D eigenvalue weighted by Gasteiger charge is 2.31. The first-order valence-corrected chi connectivity index (χ1v) is 14.1. The minimum atomic E-state index is -1.23. The van der Waals surface area contributed by atoms with Crippen LogP contribution in [0.1, 0.15) is 51.7 Å². The van der Waals surface area contributed by atoms with E-state index in [0.717, 1.165) is 11.1 Å². The Balaban J connectivity index is 2.20. The maximum absolute atomic E-state index is 13.3. The van der Waals surface area contributed by atoms with E-state index in [1.54, 1.807) is 0 Å². The molecule has 0 aliphatic rings. The molecule has 40 heavy (non-hydrogen) atoms. The number of amides is 2. The van der Waals surface area contributed by atoms with Crippen LogP contribution < -0.4 is 22.1 Å². The number of carbonyl (C=O) groups excluding carboxylic acids is 2. The molecule has 0 aliphatic heterocycles. The van der Waals surface area contributed by atoms with Crippen molar-refractivity contribution in [2.24, 2.45) is 35.1 Å². The molecule has 9 heteroatoms. The zero-order valence-electron chi connectivity index (χ0n) is 24.1. The average Bonchev–Trinajstić information content (AvgIpc) is 2.92. The molecule has 2 amide bonds. The molecule has 2 rings (SSSR count). The van der Waals surface area contributed by atoms with Gasteiger partial charge in [-0.3, -0.25) is 9.59 Å². The summed E-state index contributed by atoms with van der Waals surface area (Å²) in [6.07, 6.45) is -2.66. The summed E-state index contributed by atoms with van der Waals surface area (Å²) in [5.41, 5.74) is 13.9. The lowest BCUT2D eigenvalue weighted by atomic mass is 9.86. The molecule has 0 heterocycles. The molecule has 0 bridgehead atoms. The molecule has 0 fully saturated rings. The highest BCUT2D eigenvalue weighted by molar-refractivity contribution is 5.80. The van der Waals surface area contributed by atoms with Crippen LogP contribution in [0.4, 0.5) is 0 Å². The van der Waals surface area contributed by atoms with E-state index >= 15 is 0 Å². The molecule has 0 saturated heterocycles. The third-order valence-electron chi connectivity index (χ3n) is 7.35. The summed E-state index contributed by atoms with van der Waals surface area (Å²) >= 11 is 0. The van der Waals surface area contributed by atoms with Crippen molar-refractivity contribution in [2.75, 3.05) is 0 Å². The van der Waals surface area contributed by atoms with Gasteiger partial charge >= 0.3 is 0 Å². The van der Waals surface area contributed by atoms with E-state index in [1.807, 2.05) is 88.4 Å². The second kappa shape index (κ2) is 16.4. The van der Waals surface area contributed by atoms with Crippen molar-refractivity contribution >= 4 is 11.8 Å². The first-order chi connectivity index (χ1) is 18.9. The van der Waals surface area contributed by atoms with E-state index in [2.05, 4.69) is 10.6 Å². The summed E-state index contributed by atoms with van der Waals surface area (Å²) in [6, 6.07) is 17.5. The molecule has 9 N–H and O–H groups in total. The van der Waals surface area contributed by atoms with E-state index < -0.39 is 54.3 Å². The summed E-state index contributed by atoms with van der Waals surface area (Å²) < 4.78 is 0. The van der Waals surface area contributed by atoms with E-state index in [9.17, 15) is 24.9 Å². The normalized spacial score (nSPS) is 17.0. The fourth-order valence-corrected chi connectivity index (χ4v) is 4.57. The molecule has 0 radical (unpaired) electrons. The summed E-state index contributed by atoms with van der Waals surface area (Å²) in [5.74, 6) is -2.30. The van der Waals surface area contributed by atoms with Crippen LogP contribution in [0.2, 0.25) is 0 Å². The van der Waals surface area contributed by atoms with Gasteiger partial charge in [-0.1, -0.05) is 88.4 Å². The van der Waals surface area contributed by atoms with Crippen LogP contribution in [0.15, 0.2) is 60.7 Å². The van der Waals surface area contributed by atoms with Crippen LogP contribution in [0.3, 0.4) is 0 Å². The zero-order valence-corrected chi connectivity index (χ0v) is 24.1. The van der Waals surface area contributed by atoms with Crippen molar-refractivity contribution < 1.29 is 24.9 Å².